The summed E-state index contributed by atoms with van der Waals surface area (Å²) in [4.78, 5) is 31.9. The molecular formula is C22H25N5O3. The lowest BCUT2D eigenvalue weighted by molar-refractivity contribution is -0.116. The molecule has 1 N–H and O–H groups in total. The van der Waals surface area contributed by atoms with E-state index in [4.69, 9.17) is 4.42 Å². The van der Waals surface area contributed by atoms with Gasteiger partial charge in [-0.3, -0.25) is 14.7 Å². The number of hydrogen-bond donors (Lipinski definition) is 1. The SMILES string of the molecule is CCN(CC)CCn1c(NC(=O)Cn2c(=O)oc3ccccc32)nc2ccccc21. The third-order valence-corrected chi connectivity index (χ3v) is 5.32. The molecule has 0 aliphatic carbocycles. The van der Waals surface area contributed by atoms with Crippen molar-refractivity contribution in [1.82, 2.24) is 19.0 Å². The third-order valence-electron chi connectivity index (χ3n) is 5.32. The molecule has 0 atom stereocenters. The van der Waals surface area contributed by atoms with Gasteiger partial charge in [-0.05, 0) is 37.4 Å². The highest BCUT2D eigenvalue weighted by molar-refractivity contribution is 5.92. The fourth-order valence-electron chi connectivity index (χ4n) is 3.65. The number of benzene rings is 2. The lowest BCUT2D eigenvalue weighted by Crippen LogP contribution is -2.29. The molecule has 0 unspecified atom stereocenters. The van der Waals surface area contributed by atoms with Gasteiger partial charge in [-0.15, -0.1) is 0 Å². The number of carbonyl (C=O) groups is 1. The van der Waals surface area contributed by atoms with E-state index < -0.39 is 5.76 Å². The Labute approximate surface area is 173 Å². The molecule has 0 fully saturated rings. The summed E-state index contributed by atoms with van der Waals surface area (Å²) in [7, 11) is 0. The van der Waals surface area contributed by atoms with E-state index in [2.05, 4.69) is 29.0 Å². The van der Waals surface area contributed by atoms with E-state index in [1.54, 1.807) is 24.3 Å². The van der Waals surface area contributed by atoms with Crippen LogP contribution >= 0.6 is 0 Å². The molecule has 4 aromatic rings. The Bertz CT molecular complexity index is 1230. The molecule has 1 amide bonds. The van der Waals surface area contributed by atoms with Crippen LogP contribution in [0, 0.1) is 0 Å². The number of fused-ring (bicyclic) bond motifs is 2. The Morgan fingerprint density at radius 3 is 2.50 bits per heavy atom. The first-order valence-corrected chi connectivity index (χ1v) is 10.2. The smallest absolute Gasteiger partial charge is 0.408 e. The molecule has 0 bridgehead atoms. The van der Waals surface area contributed by atoms with E-state index in [0.717, 1.165) is 30.7 Å². The molecule has 8 heteroatoms. The van der Waals surface area contributed by atoms with Gasteiger partial charge in [0.1, 0.15) is 6.54 Å². The minimum Gasteiger partial charge on any atom is -0.408 e. The molecule has 0 spiro atoms. The molecule has 0 saturated heterocycles. The molecule has 2 aromatic carbocycles. The molecule has 2 aromatic heterocycles. The fourth-order valence-corrected chi connectivity index (χ4v) is 3.65. The summed E-state index contributed by atoms with van der Waals surface area (Å²) in [5.41, 5.74) is 2.83. The number of nitrogens with one attached hydrogen (secondary N) is 1. The van der Waals surface area contributed by atoms with Crippen LogP contribution in [-0.2, 0) is 17.9 Å². The van der Waals surface area contributed by atoms with Crippen molar-refractivity contribution in [2.24, 2.45) is 0 Å². The van der Waals surface area contributed by atoms with E-state index in [1.807, 2.05) is 28.8 Å². The van der Waals surface area contributed by atoms with Gasteiger partial charge in [0, 0.05) is 13.1 Å². The maximum atomic E-state index is 12.8. The van der Waals surface area contributed by atoms with Gasteiger partial charge in [0.15, 0.2) is 5.58 Å². The zero-order chi connectivity index (χ0) is 21.1. The van der Waals surface area contributed by atoms with Gasteiger partial charge in [-0.2, -0.15) is 0 Å². The molecule has 8 nitrogen and oxygen atoms in total. The maximum Gasteiger partial charge on any atom is 0.420 e. The monoisotopic (exact) mass is 407 g/mol. The van der Waals surface area contributed by atoms with Crippen molar-refractivity contribution in [2.75, 3.05) is 25.0 Å². The predicted octanol–water partition coefficient (Wildman–Crippen LogP) is 2.92. The van der Waals surface area contributed by atoms with Crippen molar-refractivity contribution < 1.29 is 9.21 Å². The summed E-state index contributed by atoms with van der Waals surface area (Å²) < 4.78 is 8.56. The highest BCUT2D eigenvalue weighted by Crippen LogP contribution is 2.20. The van der Waals surface area contributed by atoms with E-state index >= 15 is 0 Å². The Morgan fingerprint density at radius 1 is 1.03 bits per heavy atom. The number of nitrogens with zero attached hydrogens (tertiary/aromatic N) is 4. The predicted molar refractivity (Wildman–Crippen MR) is 117 cm³/mol. The first-order valence-electron chi connectivity index (χ1n) is 10.2. The van der Waals surface area contributed by atoms with Crippen molar-refractivity contribution >= 4 is 34.0 Å². The Balaban J connectivity index is 1.59. The van der Waals surface area contributed by atoms with Crippen molar-refractivity contribution in [2.45, 2.75) is 26.9 Å². The second-order valence-corrected chi connectivity index (χ2v) is 7.07. The second kappa shape index (κ2) is 8.54. The number of imidazole rings is 1. The summed E-state index contributed by atoms with van der Waals surface area (Å²) in [6.07, 6.45) is 0. The quantitative estimate of drug-likeness (QED) is 0.485. The number of oxazole rings is 1. The van der Waals surface area contributed by atoms with Crippen LogP contribution in [0.2, 0.25) is 0 Å². The molecule has 0 aliphatic rings. The maximum absolute atomic E-state index is 12.8. The number of anilines is 1. The van der Waals surface area contributed by atoms with Crippen LogP contribution in [0.15, 0.2) is 57.7 Å². The Kier molecular flexibility index (Phi) is 5.67. The molecule has 2 heterocycles. The van der Waals surface area contributed by atoms with Crippen LogP contribution in [0.1, 0.15) is 13.8 Å². The lowest BCUT2D eigenvalue weighted by atomic mass is 10.3. The minimum atomic E-state index is -0.554. The van der Waals surface area contributed by atoms with Crippen LogP contribution < -0.4 is 11.1 Å². The second-order valence-electron chi connectivity index (χ2n) is 7.07. The van der Waals surface area contributed by atoms with E-state index in [0.29, 0.717) is 23.6 Å². The first kappa shape index (κ1) is 19.9. The van der Waals surface area contributed by atoms with Gasteiger partial charge in [0.25, 0.3) is 0 Å². The summed E-state index contributed by atoms with van der Waals surface area (Å²) in [5.74, 6) is -0.404. The summed E-state index contributed by atoms with van der Waals surface area (Å²) in [6, 6.07) is 14.9. The zero-order valence-corrected chi connectivity index (χ0v) is 17.2. The molecule has 4 rings (SSSR count). The van der Waals surface area contributed by atoms with Crippen LogP contribution in [0.5, 0.6) is 0 Å². The van der Waals surface area contributed by atoms with Crippen molar-refractivity contribution in [3.8, 4) is 0 Å². The lowest BCUT2D eigenvalue weighted by Gasteiger charge is -2.19. The van der Waals surface area contributed by atoms with Gasteiger partial charge in [-0.1, -0.05) is 38.1 Å². The third kappa shape index (κ3) is 3.86. The van der Waals surface area contributed by atoms with E-state index in [1.165, 1.54) is 4.57 Å². The van der Waals surface area contributed by atoms with Crippen LogP contribution in [-0.4, -0.2) is 44.6 Å². The van der Waals surface area contributed by atoms with Crippen LogP contribution in [0.3, 0.4) is 0 Å². The average molecular weight is 407 g/mol. The van der Waals surface area contributed by atoms with E-state index in [9.17, 15) is 9.59 Å². The average Bonchev–Trinajstić information content (AvgIpc) is 3.26. The van der Waals surface area contributed by atoms with Gasteiger partial charge in [-0.25, -0.2) is 9.78 Å². The van der Waals surface area contributed by atoms with Gasteiger partial charge >= 0.3 is 5.76 Å². The van der Waals surface area contributed by atoms with Gasteiger partial charge < -0.3 is 13.9 Å². The number of aromatic nitrogens is 3. The topological polar surface area (TPSA) is 85.3 Å². The Morgan fingerprint density at radius 2 is 1.73 bits per heavy atom. The van der Waals surface area contributed by atoms with Gasteiger partial charge in [0.05, 0.1) is 16.6 Å². The van der Waals surface area contributed by atoms with Crippen molar-refractivity contribution in [1.29, 1.82) is 0 Å². The molecule has 156 valence electrons. The largest absolute Gasteiger partial charge is 0.420 e. The number of para-hydroxylation sites is 4. The van der Waals surface area contributed by atoms with Crippen molar-refractivity contribution in [3.05, 3.63) is 59.1 Å². The summed E-state index contributed by atoms with van der Waals surface area (Å²) in [5, 5.41) is 2.88. The zero-order valence-electron chi connectivity index (χ0n) is 17.2. The molecular weight excluding hydrogens is 382 g/mol. The highest BCUT2D eigenvalue weighted by Gasteiger charge is 2.16. The first-order chi connectivity index (χ1) is 14.6. The Hall–Kier alpha value is -3.39. The van der Waals surface area contributed by atoms with Crippen molar-refractivity contribution in [3.63, 3.8) is 0 Å². The van der Waals surface area contributed by atoms with Crippen LogP contribution in [0.25, 0.3) is 22.1 Å². The van der Waals surface area contributed by atoms with E-state index in [-0.39, 0.29) is 12.5 Å². The normalized spacial score (nSPS) is 11.6. The standard InChI is InChI=1S/C22H25N5O3/c1-3-25(4-2)13-14-26-17-10-6-5-9-16(17)23-21(26)24-20(28)15-27-18-11-7-8-12-19(18)30-22(27)29/h5-12H,3-4,13-15H2,1-2H3,(H,23,24,28). The molecule has 30 heavy (non-hydrogen) atoms. The minimum absolute atomic E-state index is 0.144. The number of rotatable bonds is 8. The highest BCUT2D eigenvalue weighted by atomic mass is 16.4. The number of hydrogen-bond acceptors (Lipinski definition) is 5. The molecule has 0 aliphatic heterocycles. The fraction of sp³-hybridized carbons (Fsp3) is 0.318. The molecule has 0 radical (unpaired) electrons. The number of likely N-dealkylation sites (N-methyl/N-ethyl adjacent to an activating group) is 1. The van der Waals surface area contributed by atoms with Gasteiger partial charge in [0.2, 0.25) is 11.9 Å². The number of amides is 1. The number of carbonyl (C=O) groups excluding carboxylic acids is 1. The summed E-state index contributed by atoms with van der Waals surface area (Å²) >= 11 is 0. The molecule has 0 saturated carbocycles. The summed E-state index contributed by atoms with van der Waals surface area (Å²) in [6.45, 7) is 7.59. The van der Waals surface area contributed by atoms with Crippen LogP contribution in [0.4, 0.5) is 5.95 Å².